The van der Waals surface area contributed by atoms with Crippen LogP contribution in [0, 0.1) is 0 Å². The zero-order chi connectivity index (χ0) is 17.4. The molecule has 0 radical (unpaired) electrons. The van der Waals surface area contributed by atoms with Crippen LogP contribution in [-0.4, -0.2) is 50.9 Å². The van der Waals surface area contributed by atoms with Crippen LogP contribution in [0.3, 0.4) is 0 Å². The summed E-state index contributed by atoms with van der Waals surface area (Å²) < 4.78 is 0. The maximum Gasteiger partial charge on any atom is 0.332 e. The lowest BCUT2D eigenvalue weighted by Crippen LogP contribution is -2.52. The molecule has 3 amide bonds. The van der Waals surface area contributed by atoms with Gasteiger partial charge in [0.1, 0.15) is 6.04 Å². The number of benzene rings is 1. The Morgan fingerprint density at radius 1 is 1.33 bits per heavy atom. The number of nitrogens with zero attached hydrogens (tertiary/aromatic N) is 1. The minimum Gasteiger partial charge on any atom is -0.479 e. The minimum atomic E-state index is -1.56. The Balaban J connectivity index is 1.86. The Morgan fingerprint density at radius 2 is 2.08 bits per heavy atom. The van der Waals surface area contributed by atoms with E-state index in [4.69, 9.17) is 5.11 Å². The zero-order valence-corrected chi connectivity index (χ0v) is 12.7. The van der Waals surface area contributed by atoms with Crippen molar-refractivity contribution in [1.82, 2.24) is 10.2 Å². The lowest BCUT2D eigenvalue weighted by atomic mass is 9.98. The van der Waals surface area contributed by atoms with E-state index < -0.39 is 24.0 Å². The lowest BCUT2D eigenvalue weighted by Gasteiger charge is -2.29. The third-order valence-electron chi connectivity index (χ3n) is 4.38. The van der Waals surface area contributed by atoms with Crippen LogP contribution in [0.1, 0.15) is 34.3 Å². The molecule has 8 heteroatoms. The molecule has 3 N–H and O–H groups in total. The highest BCUT2D eigenvalue weighted by Gasteiger charge is 2.39. The molecule has 126 valence electrons. The number of hydrogen-bond acceptors (Lipinski definition) is 5. The van der Waals surface area contributed by atoms with E-state index in [9.17, 15) is 24.3 Å². The van der Waals surface area contributed by atoms with Crippen molar-refractivity contribution in [3.05, 3.63) is 34.9 Å². The van der Waals surface area contributed by atoms with Gasteiger partial charge in [-0.25, -0.2) is 4.79 Å². The monoisotopic (exact) mass is 332 g/mol. The molecule has 8 nitrogen and oxygen atoms in total. The van der Waals surface area contributed by atoms with Crippen LogP contribution in [0.2, 0.25) is 0 Å². The SMILES string of the molecule is O=C1CCC(N2Cc3c(CC(O)C(=O)O)cccc3C2=O)C(=O)N1. The van der Waals surface area contributed by atoms with Gasteiger partial charge in [0.15, 0.2) is 6.10 Å². The number of carboxylic acids is 1. The number of hydrogen-bond donors (Lipinski definition) is 3. The van der Waals surface area contributed by atoms with Gasteiger partial charge in [0.05, 0.1) is 0 Å². The Bertz CT molecular complexity index is 744. The van der Waals surface area contributed by atoms with Crippen molar-refractivity contribution in [3.8, 4) is 0 Å². The Morgan fingerprint density at radius 3 is 2.75 bits per heavy atom. The molecule has 24 heavy (non-hydrogen) atoms. The van der Waals surface area contributed by atoms with Gasteiger partial charge in [0.25, 0.3) is 5.91 Å². The van der Waals surface area contributed by atoms with Gasteiger partial charge in [0.2, 0.25) is 11.8 Å². The minimum absolute atomic E-state index is 0.116. The van der Waals surface area contributed by atoms with E-state index in [2.05, 4.69) is 5.32 Å². The normalized spacial score (nSPS) is 21.5. The predicted molar refractivity (Wildman–Crippen MR) is 79.8 cm³/mol. The summed E-state index contributed by atoms with van der Waals surface area (Å²) in [6.45, 7) is 0.156. The molecule has 0 bridgehead atoms. The average molecular weight is 332 g/mol. The first-order valence-corrected chi connectivity index (χ1v) is 7.54. The smallest absolute Gasteiger partial charge is 0.332 e. The molecular formula is C16H16N2O6. The van der Waals surface area contributed by atoms with Gasteiger partial charge < -0.3 is 15.1 Å². The highest BCUT2D eigenvalue weighted by molar-refractivity contribution is 6.05. The van der Waals surface area contributed by atoms with E-state index in [1.807, 2.05) is 0 Å². The van der Waals surface area contributed by atoms with Gasteiger partial charge >= 0.3 is 5.97 Å². The number of aliphatic carboxylic acids is 1. The van der Waals surface area contributed by atoms with Gasteiger partial charge in [-0.1, -0.05) is 12.1 Å². The number of aliphatic hydroxyl groups is 1. The predicted octanol–water partition coefficient (Wildman–Crippen LogP) is -0.564. The number of carboxylic acid groups (broad SMARTS) is 1. The highest BCUT2D eigenvalue weighted by atomic mass is 16.4. The quantitative estimate of drug-likeness (QED) is 0.635. The van der Waals surface area contributed by atoms with E-state index >= 15 is 0 Å². The molecule has 0 aromatic heterocycles. The van der Waals surface area contributed by atoms with Crippen LogP contribution in [-0.2, 0) is 27.3 Å². The second-order valence-corrected chi connectivity index (χ2v) is 5.90. The van der Waals surface area contributed by atoms with Crippen molar-refractivity contribution in [2.24, 2.45) is 0 Å². The molecule has 2 aliphatic heterocycles. The molecular weight excluding hydrogens is 316 g/mol. The summed E-state index contributed by atoms with van der Waals surface area (Å²) in [5.74, 6) is -2.52. The second-order valence-electron chi connectivity index (χ2n) is 5.90. The summed E-state index contributed by atoms with van der Waals surface area (Å²) in [5, 5.41) is 20.6. The van der Waals surface area contributed by atoms with Crippen LogP contribution >= 0.6 is 0 Å². The molecule has 1 fully saturated rings. The number of fused-ring (bicyclic) bond motifs is 1. The molecule has 2 unspecified atom stereocenters. The summed E-state index contributed by atoms with van der Waals surface area (Å²) in [6.07, 6.45) is -1.25. The molecule has 0 spiro atoms. The third-order valence-corrected chi connectivity index (χ3v) is 4.38. The Labute approximate surface area is 137 Å². The average Bonchev–Trinajstić information content (AvgIpc) is 2.85. The molecule has 2 heterocycles. The first-order valence-electron chi connectivity index (χ1n) is 7.54. The molecule has 1 saturated heterocycles. The summed E-state index contributed by atoms with van der Waals surface area (Å²) in [5.41, 5.74) is 1.58. The number of piperidine rings is 1. The van der Waals surface area contributed by atoms with E-state index in [1.165, 1.54) is 4.90 Å². The van der Waals surface area contributed by atoms with Crippen molar-refractivity contribution >= 4 is 23.7 Å². The maximum absolute atomic E-state index is 12.6. The van der Waals surface area contributed by atoms with E-state index in [-0.39, 0.29) is 37.6 Å². The first-order chi connectivity index (χ1) is 11.4. The summed E-state index contributed by atoms with van der Waals surface area (Å²) in [6, 6.07) is 4.17. The fraction of sp³-hybridized carbons (Fsp3) is 0.375. The summed E-state index contributed by atoms with van der Waals surface area (Å²) in [4.78, 5) is 48.1. The number of amides is 3. The van der Waals surface area contributed by atoms with Gasteiger partial charge in [-0.2, -0.15) is 0 Å². The van der Waals surface area contributed by atoms with Crippen LogP contribution in [0.5, 0.6) is 0 Å². The van der Waals surface area contributed by atoms with Crippen LogP contribution in [0.15, 0.2) is 18.2 Å². The Hall–Kier alpha value is -2.74. The fourth-order valence-corrected chi connectivity index (χ4v) is 3.14. The molecule has 1 aromatic rings. The van der Waals surface area contributed by atoms with E-state index in [0.29, 0.717) is 16.7 Å². The second kappa shape index (κ2) is 6.04. The van der Waals surface area contributed by atoms with Crippen molar-refractivity contribution in [2.75, 3.05) is 0 Å². The lowest BCUT2D eigenvalue weighted by molar-refractivity contribution is -0.146. The highest BCUT2D eigenvalue weighted by Crippen LogP contribution is 2.30. The van der Waals surface area contributed by atoms with Crippen molar-refractivity contribution in [1.29, 1.82) is 0 Å². The van der Waals surface area contributed by atoms with Crippen LogP contribution in [0.4, 0.5) is 0 Å². The van der Waals surface area contributed by atoms with Crippen molar-refractivity contribution in [3.63, 3.8) is 0 Å². The molecule has 1 aromatic carbocycles. The standard InChI is InChI=1S/C16H16N2O6/c19-12(16(23)24)6-8-2-1-3-9-10(8)7-18(15(9)22)11-4-5-13(20)17-14(11)21/h1-3,11-12,19H,4-7H2,(H,23,24)(H,17,20,21). The van der Waals surface area contributed by atoms with Crippen LogP contribution < -0.4 is 5.32 Å². The Kier molecular flexibility index (Phi) is 4.06. The van der Waals surface area contributed by atoms with Crippen molar-refractivity contribution in [2.45, 2.75) is 38.0 Å². The molecule has 0 aliphatic carbocycles. The molecule has 0 saturated carbocycles. The topological polar surface area (TPSA) is 124 Å². The number of aliphatic hydroxyl groups excluding tert-OH is 1. The molecule has 2 aliphatic rings. The van der Waals surface area contributed by atoms with Crippen LogP contribution in [0.25, 0.3) is 0 Å². The number of nitrogens with one attached hydrogen (secondary N) is 1. The number of carbonyl (C=O) groups excluding carboxylic acids is 3. The van der Waals surface area contributed by atoms with Gasteiger partial charge in [-0.15, -0.1) is 0 Å². The van der Waals surface area contributed by atoms with E-state index in [1.54, 1.807) is 18.2 Å². The fourth-order valence-electron chi connectivity index (χ4n) is 3.14. The summed E-state index contributed by atoms with van der Waals surface area (Å²) in [7, 11) is 0. The number of rotatable bonds is 4. The molecule has 3 rings (SSSR count). The van der Waals surface area contributed by atoms with Gasteiger partial charge in [-0.3, -0.25) is 19.7 Å². The largest absolute Gasteiger partial charge is 0.479 e. The third kappa shape index (κ3) is 2.76. The first kappa shape index (κ1) is 16.1. The zero-order valence-electron chi connectivity index (χ0n) is 12.7. The van der Waals surface area contributed by atoms with E-state index in [0.717, 1.165) is 0 Å². The number of imide groups is 1. The van der Waals surface area contributed by atoms with Crippen molar-refractivity contribution < 1.29 is 29.4 Å². The summed E-state index contributed by atoms with van der Waals surface area (Å²) >= 11 is 0. The molecule has 2 atom stereocenters. The maximum atomic E-state index is 12.6. The number of carbonyl (C=O) groups is 4. The van der Waals surface area contributed by atoms with Gasteiger partial charge in [-0.05, 0) is 23.6 Å². The van der Waals surface area contributed by atoms with Gasteiger partial charge in [0, 0.05) is 24.9 Å².